The van der Waals surface area contributed by atoms with Crippen molar-refractivity contribution in [3.63, 3.8) is 0 Å². The Morgan fingerprint density at radius 2 is 1.75 bits per heavy atom. The molecule has 3 rings (SSSR count). The lowest BCUT2D eigenvalue weighted by Gasteiger charge is -2.48. The van der Waals surface area contributed by atoms with Crippen LogP contribution in [0.25, 0.3) is 10.6 Å². The second-order valence-corrected chi connectivity index (χ2v) is 9.30. The molecule has 0 atom stereocenters. The average molecular weight is 365 g/mol. The van der Waals surface area contributed by atoms with Crippen LogP contribution in [-0.2, 0) is 0 Å². The molecule has 0 saturated carbocycles. The maximum Gasteiger partial charge on any atom is 0.208 e. The summed E-state index contributed by atoms with van der Waals surface area (Å²) in [5, 5.41) is 15.0. The zero-order valence-electron chi connectivity index (χ0n) is 14.9. The number of halogens is 1. The summed E-state index contributed by atoms with van der Waals surface area (Å²) in [5.41, 5.74) is 1.16. The van der Waals surface area contributed by atoms with E-state index in [2.05, 4.69) is 55.2 Å². The standard InChI is InChI=1S/C18H25ClN4S/c1-17(2)10-12(11-18(3,4)22-17)23(5)16-21-20-15(24-16)13-8-6-7-9-14(13)19/h6-9,12,22H,10-11H2,1-5H3. The highest BCUT2D eigenvalue weighted by molar-refractivity contribution is 7.18. The Kier molecular flexibility index (Phi) is 4.62. The van der Waals surface area contributed by atoms with E-state index in [9.17, 15) is 0 Å². The van der Waals surface area contributed by atoms with Gasteiger partial charge in [0.15, 0.2) is 5.01 Å². The predicted octanol–water partition coefficient (Wildman–Crippen LogP) is 4.60. The van der Waals surface area contributed by atoms with Crippen molar-refractivity contribution in [1.29, 1.82) is 0 Å². The topological polar surface area (TPSA) is 41.1 Å². The zero-order chi connectivity index (χ0) is 17.5. The smallest absolute Gasteiger partial charge is 0.208 e. The molecule has 0 spiro atoms. The molecule has 0 aliphatic carbocycles. The molecule has 1 aliphatic heterocycles. The van der Waals surface area contributed by atoms with Gasteiger partial charge in [0.05, 0.1) is 5.02 Å². The Morgan fingerprint density at radius 3 is 2.38 bits per heavy atom. The molecule has 6 heteroatoms. The van der Waals surface area contributed by atoms with Crippen LogP contribution in [0.4, 0.5) is 5.13 Å². The summed E-state index contributed by atoms with van der Waals surface area (Å²) in [4.78, 5) is 2.28. The SMILES string of the molecule is CN(c1nnc(-c2ccccc2Cl)s1)C1CC(C)(C)NC(C)(C)C1. The second kappa shape index (κ2) is 6.28. The van der Waals surface area contributed by atoms with Gasteiger partial charge in [0.1, 0.15) is 0 Å². The molecule has 0 bridgehead atoms. The second-order valence-electron chi connectivity index (χ2n) is 7.94. The molecular formula is C18H25ClN4S. The van der Waals surface area contributed by atoms with E-state index in [1.165, 1.54) is 0 Å². The minimum absolute atomic E-state index is 0.108. The van der Waals surface area contributed by atoms with Crippen molar-refractivity contribution >= 4 is 28.1 Å². The van der Waals surface area contributed by atoms with E-state index in [0.717, 1.165) is 28.5 Å². The van der Waals surface area contributed by atoms with E-state index in [0.29, 0.717) is 11.1 Å². The number of benzene rings is 1. The van der Waals surface area contributed by atoms with Crippen LogP contribution in [0.15, 0.2) is 24.3 Å². The van der Waals surface area contributed by atoms with Gasteiger partial charge in [0.25, 0.3) is 0 Å². The molecule has 1 N–H and O–H groups in total. The minimum Gasteiger partial charge on any atom is -0.347 e. The number of anilines is 1. The van der Waals surface area contributed by atoms with E-state index in [-0.39, 0.29) is 11.1 Å². The summed E-state index contributed by atoms with van der Waals surface area (Å²) >= 11 is 7.89. The molecule has 1 saturated heterocycles. The molecule has 2 heterocycles. The Morgan fingerprint density at radius 1 is 1.12 bits per heavy atom. The first kappa shape index (κ1) is 17.6. The van der Waals surface area contributed by atoms with Crippen LogP contribution in [0.3, 0.4) is 0 Å². The summed E-state index contributed by atoms with van der Waals surface area (Å²) in [6.45, 7) is 9.07. The van der Waals surface area contributed by atoms with Crippen molar-refractivity contribution < 1.29 is 0 Å². The van der Waals surface area contributed by atoms with Gasteiger partial charge in [-0.1, -0.05) is 41.1 Å². The van der Waals surface area contributed by atoms with Crippen molar-refractivity contribution in [2.24, 2.45) is 0 Å². The zero-order valence-corrected chi connectivity index (χ0v) is 16.5. The van der Waals surface area contributed by atoms with E-state index in [1.54, 1.807) is 11.3 Å². The van der Waals surface area contributed by atoms with Crippen molar-refractivity contribution in [2.75, 3.05) is 11.9 Å². The van der Waals surface area contributed by atoms with E-state index in [4.69, 9.17) is 11.6 Å². The molecule has 1 aromatic carbocycles. The number of nitrogens with zero attached hydrogens (tertiary/aromatic N) is 3. The van der Waals surface area contributed by atoms with Gasteiger partial charge in [0, 0.05) is 29.7 Å². The number of hydrogen-bond donors (Lipinski definition) is 1. The molecule has 1 aromatic heterocycles. The quantitative estimate of drug-likeness (QED) is 0.863. The van der Waals surface area contributed by atoms with Gasteiger partial charge in [-0.15, -0.1) is 10.2 Å². The molecule has 2 aromatic rings. The highest BCUT2D eigenvalue weighted by atomic mass is 35.5. The van der Waals surface area contributed by atoms with Crippen LogP contribution < -0.4 is 10.2 Å². The molecule has 130 valence electrons. The van der Waals surface area contributed by atoms with Crippen LogP contribution in [0.2, 0.25) is 5.02 Å². The number of nitrogens with one attached hydrogen (secondary N) is 1. The lowest BCUT2D eigenvalue weighted by molar-refractivity contribution is 0.161. The Hall–Kier alpha value is -1.17. The number of hydrogen-bond acceptors (Lipinski definition) is 5. The fourth-order valence-electron chi connectivity index (χ4n) is 3.80. The third kappa shape index (κ3) is 3.73. The maximum absolute atomic E-state index is 6.29. The maximum atomic E-state index is 6.29. The fourth-order valence-corrected chi connectivity index (χ4v) is 5.00. The van der Waals surface area contributed by atoms with Gasteiger partial charge >= 0.3 is 0 Å². The molecule has 1 fully saturated rings. The molecule has 0 amide bonds. The van der Waals surface area contributed by atoms with Gasteiger partial charge in [-0.3, -0.25) is 0 Å². The van der Waals surface area contributed by atoms with E-state index >= 15 is 0 Å². The Balaban J connectivity index is 1.84. The normalized spacial score (nSPS) is 20.1. The predicted molar refractivity (Wildman–Crippen MR) is 103 cm³/mol. The van der Waals surface area contributed by atoms with Crippen molar-refractivity contribution in [1.82, 2.24) is 15.5 Å². The van der Waals surface area contributed by atoms with Crippen LogP contribution in [0, 0.1) is 0 Å². The molecule has 0 radical (unpaired) electrons. The number of piperidine rings is 1. The fraction of sp³-hybridized carbons (Fsp3) is 0.556. The van der Waals surface area contributed by atoms with Crippen molar-refractivity contribution in [3.8, 4) is 10.6 Å². The van der Waals surface area contributed by atoms with Gasteiger partial charge < -0.3 is 10.2 Å². The third-order valence-corrected chi connectivity index (χ3v) is 5.91. The molecule has 4 nitrogen and oxygen atoms in total. The van der Waals surface area contributed by atoms with Gasteiger partial charge in [-0.05, 0) is 46.6 Å². The average Bonchev–Trinajstić information content (AvgIpc) is 2.93. The minimum atomic E-state index is 0.108. The molecule has 1 aliphatic rings. The van der Waals surface area contributed by atoms with Gasteiger partial charge in [-0.2, -0.15) is 0 Å². The Labute approximate surface area is 153 Å². The van der Waals surface area contributed by atoms with Crippen LogP contribution in [0.5, 0.6) is 0 Å². The summed E-state index contributed by atoms with van der Waals surface area (Å²) < 4.78 is 0. The van der Waals surface area contributed by atoms with Crippen LogP contribution in [-0.4, -0.2) is 34.4 Å². The third-order valence-electron chi connectivity index (χ3n) is 4.54. The van der Waals surface area contributed by atoms with Gasteiger partial charge in [0.2, 0.25) is 5.13 Å². The summed E-state index contributed by atoms with van der Waals surface area (Å²) in [7, 11) is 2.12. The molecule has 0 unspecified atom stereocenters. The highest BCUT2D eigenvalue weighted by Crippen LogP contribution is 2.37. The summed E-state index contributed by atoms with van der Waals surface area (Å²) in [6.07, 6.45) is 2.15. The lowest BCUT2D eigenvalue weighted by atomic mass is 9.79. The Bertz CT molecular complexity index is 709. The first-order valence-corrected chi connectivity index (χ1v) is 9.47. The first-order chi connectivity index (χ1) is 11.2. The van der Waals surface area contributed by atoms with E-state index in [1.807, 2.05) is 24.3 Å². The number of rotatable bonds is 3. The highest BCUT2D eigenvalue weighted by Gasteiger charge is 2.39. The first-order valence-electron chi connectivity index (χ1n) is 8.27. The summed E-state index contributed by atoms with van der Waals surface area (Å²) in [5.74, 6) is 0. The van der Waals surface area contributed by atoms with Crippen LogP contribution >= 0.6 is 22.9 Å². The monoisotopic (exact) mass is 364 g/mol. The van der Waals surface area contributed by atoms with E-state index < -0.39 is 0 Å². The van der Waals surface area contributed by atoms with Crippen molar-refractivity contribution in [3.05, 3.63) is 29.3 Å². The molecular weight excluding hydrogens is 340 g/mol. The largest absolute Gasteiger partial charge is 0.347 e. The van der Waals surface area contributed by atoms with Gasteiger partial charge in [-0.25, -0.2) is 0 Å². The number of aromatic nitrogens is 2. The summed E-state index contributed by atoms with van der Waals surface area (Å²) in [6, 6.07) is 8.22. The molecule has 24 heavy (non-hydrogen) atoms. The van der Waals surface area contributed by atoms with Crippen LogP contribution in [0.1, 0.15) is 40.5 Å². The van der Waals surface area contributed by atoms with Crippen molar-refractivity contribution in [2.45, 2.75) is 57.7 Å². The lowest BCUT2D eigenvalue weighted by Crippen LogP contribution is -2.61.